The van der Waals surface area contributed by atoms with Crippen LogP contribution in [0.2, 0.25) is 0 Å². The first-order chi connectivity index (χ1) is 39.6. The standard InChI is InChI=1S/C55H91N7O20S.Na/c1-4-5-6-7-8-9-10-11-12-13-14-15-16-20-44(71)57-38-25-36(66)27-56-53(76)48-49(72)32(2)28-62(48)55(78)47(41(69)19-17-18-35(30-63)31-64)60-52(75)46(42(70)23-34-21-22-40(68)43(24-34)80-83-82-81-79)59-51(74)39-26-37(67)29-61(39)54(77)45(33(3)65)58-50(38)73;/h21-22,24,32-33,35-39,41-42,45-49,63-70,72,79H,4-20,23,25-31H2,1-3H3,(H,56,76)(H,57,71)(H,58,73)(H,59,74)(H,60,75);/q;+1/p-1/t32-,33+,36+,37+,38?,39-,41+,42+,45-,46-,47-,48-,49-;/m0./s1. The van der Waals surface area contributed by atoms with Crippen LogP contribution in [0.5, 0.6) is 11.5 Å². The van der Waals surface area contributed by atoms with Crippen LogP contribution in [0.4, 0.5) is 0 Å². The number of amides is 7. The summed E-state index contributed by atoms with van der Waals surface area (Å²) in [6.07, 6.45) is 2.11. The number of rotatable bonds is 30. The number of unbranched alkanes of at least 4 members (excludes halogenated alkanes) is 12. The monoisotopic (exact) mass is 1220 g/mol. The Morgan fingerprint density at radius 3 is 1.94 bits per heavy atom. The Morgan fingerprint density at radius 2 is 1.33 bits per heavy atom. The largest absolute Gasteiger partial charge is 1.00 e. The van der Waals surface area contributed by atoms with E-state index in [0.717, 1.165) is 61.0 Å². The van der Waals surface area contributed by atoms with Gasteiger partial charge in [-0.2, -0.15) is 0 Å². The molecule has 0 aliphatic carbocycles. The predicted octanol–water partition coefficient (Wildman–Crippen LogP) is -4.55. The van der Waals surface area contributed by atoms with Crippen LogP contribution in [0.3, 0.4) is 0 Å². The van der Waals surface area contributed by atoms with Crippen LogP contribution in [0, 0.1) is 11.8 Å². The fraction of sp³-hybridized carbons (Fsp3) is 0.764. The zero-order valence-electron chi connectivity index (χ0n) is 48.8. The number of phenolic OH excluding ortho intramolecular Hbond substituents is 1. The van der Waals surface area contributed by atoms with Gasteiger partial charge >= 0.3 is 29.6 Å². The molecule has 27 nitrogen and oxygen atoms in total. The maximum absolute atomic E-state index is 14.9. The van der Waals surface area contributed by atoms with Gasteiger partial charge in [-0.05, 0) is 43.9 Å². The van der Waals surface area contributed by atoms with Crippen LogP contribution < -0.4 is 65.6 Å². The molecule has 0 bridgehead atoms. The van der Waals surface area contributed by atoms with Crippen LogP contribution in [0.1, 0.15) is 148 Å². The van der Waals surface area contributed by atoms with Crippen molar-refractivity contribution in [3.63, 3.8) is 0 Å². The van der Waals surface area contributed by atoms with E-state index in [2.05, 4.69) is 42.9 Å². The van der Waals surface area contributed by atoms with Crippen molar-refractivity contribution >= 4 is 53.7 Å². The number of aliphatic hydroxyl groups excluding tert-OH is 8. The number of carbonyl (C=O) groups is 7. The van der Waals surface area contributed by atoms with Crippen LogP contribution in [0.15, 0.2) is 18.2 Å². The third kappa shape index (κ3) is 23.6. The number of benzene rings is 1. The average molecular weight is 1220 g/mol. The Morgan fingerprint density at radius 1 is 0.738 bits per heavy atom. The second kappa shape index (κ2) is 39.0. The van der Waals surface area contributed by atoms with E-state index in [0.29, 0.717) is 6.42 Å². The fourth-order valence-electron chi connectivity index (χ4n) is 10.7. The average Bonchev–Trinajstić information content (AvgIpc) is 3.19. The molecular formula is C55H90N7NaO20S. The van der Waals surface area contributed by atoms with Crippen LogP contribution in [0.25, 0.3) is 0 Å². The van der Waals surface area contributed by atoms with Crippen molar-refractivity contribution in [3.8, 4) is 11.5 Å². The van der Waals surface area contributed by atoms with Crippen LogP contribution >= 0.6 is 12.3 Å². The molecule has 3 fully saturated rings. The van der Waals surface area contributed by atoms with Crippen molar-refractivity contribution in [1.29, 1.82) is 0 Å². The topological polar surface area (TPSA) is 419 Å². The summed E-state index contributed by atoms with van der Waals surface area (Å²) in [5.74, 6) is -9.58. The number of hydrogen-bond donors (Lipinski definition) is 14. The summed E-state index contributed by atoms with van der Waals surface area (Å²) in [6, 6.07) is -7.40. The van der Waals surface area contributed by atoms with Gasteiger partial charge in [-0.25, -0.2) is 0 Å². The molecule has 3 saturated heterocycles. The molecule has 3 aliphatic rings. The molecule has 0 radical (unpaired) electrons. The van der Waals surface area contributed by atoms with Gasteiger partial charge < -0.3 is 91.8 Å². The number of aliphatic hydroxyl groups is 8. The Labute approximate surface area is 517 Å². The zero-order chi connectivity index (χ0) is 61.2. The second-order valence-electron chi connectivity index (χ2n) is 22.3. The van der Waals surface area contributed by atoms with Gasteiger partial charge in [0.2, 0.25) is 41.4 Å². The third-order valence-electron chi connectivity index (χ3n) is 15.6. The molecule has 0 aromatic heterocycles. The van der Waals surface area contributed by atoms with E-state index in [9.17, 15) is 84.8 Å². The van der Waals surface area contributed by atoms with Gasteiger partial charge in [0.15, 0.2) is 11.5 Å². The van der Waals surface area contributed by atoms with Gasteiger partial charge in [0.1, 0.15) is 36.3 Å². The van der Waals surface area contributed by atoms with E-state index in [4.69, 9.17) is 4.18 Å². The van der Waals surface area contributed by atoms with Crippen LogP contribution in [-0.2, 0) is 49.4 Å². The van der Waals surface area contributed by atoms with Crippen molar-refractivity contribution < 1.29 is 128 Å². The SMILES string of the molecule is CCCCCCCCCCCCCCCC(=O)NC1C[C@@H](O)CNC(=O)[C@@H]2[C@@H](O)[C@@H](C)CN2C(=O)[C@H]([C@H](O)CCCC(CO)CO)NC(=O)[C@H]([C@H](O)Cc2ccc(O)c(OSOO[O-])c2)NC(=O)[C@@H]2C[C@@H](O)CN2C(=O)[C@H]([C@@H](C)O)NC1=O.[Na+]. The van der Waals surface area contributed by atoms with Crippen molar-refractivity contribution in [1.82, 2.24) is 36.4 Å². The Bertz CT molecular complexity index is 2210. The summed E-state index contributed by atoms with van der Waals surface area (Å²) < 4.78 is 9.20. The molecule has 3 aliphatic heterocycles. The summed E-state index contributed by atoms with van der Waals surface area (Å²) in [5, 5.41) is 124. The Hall–Kier alpha value is -3.98. The molecule has 84 heavy (non-hydrogen) atoms. The van der Waals surface area contributed by atoms with Gasteiger partial charge in [-0.3, -0.25) is 38.6 Å². The van der Waals surface area contributed by atoms with Gasteiger partial charge in [0.25, 0.3) is 12.3 Å². The summed E-state index contributed by atoms with van der Waals surface area (Å²) >= 11 is 0.0194. The van der Waals surface area contributed by atoms with E-state index in [-0.39, 0.29) is 85.4 Å². The molecule has 29 heteroatoms. The van der Waals surface area contributed by atoms with E-state index in [1.807, 2.05) is 0 Å². The van der Waals surface area contributed by atoms with E-state index >= 15 is 0 Å². The predicted molar refractivity (Wildman–Crippen MR) is 296 cm³/mol. The normalized spacial score (nSPS) is 26.0. The molecule has 4 rings (SSSR count). The maximum atomic E-state index is 14.9. The number of hydrogen-bond acceptors (Lipinski definition) is 21. The molecule has 1 unspecified atom stereocenters. The minimum absolute atomic E-state index is 0. The minimum atomic E-state index is -2.12. The molecule has 1 aromatic carbocycles. The maximum Gasteiger partial charge on any atom is 1.00 e. The van der Waals surface area contributed by atoms with Crippen LogP contribution in [-0.4, -0.2) is 203 Å². The van der Waals surface area contributed by atoms with Crippen molar-refractivity contribution in [3.05, 3.63) is 23.8 Å². The molecule has 14 N–H and O–H groups in total. The Balaban J connectivity index is 0.0000185. The molecule has 1 aromatic rings. The third-order valence-corrected chi connectivity index (χ3v) is 15.9. The first-order valence-electron chi connectivity index (χ1n) is 29.2. The van der Waals surface area contributed by atoms with Gasteiger partial charge in [-0.1, -0.05) is 103 Å². The van der Waals surface area contributed by atoms with Gasteiger partial charge in [0.05, 0.1) is 36.6 Å². The van der Waals surface area contributed by atoms with E-state index in [1.165, 1.54) is 57.9 Å². The molecule has 0 spiro atoms. The van der Waals surface area contributed by atoms with Gasteiger partial charge in [-0.15, -0.1) is 4.33 Å². The first-order valence-corrected chi connectivity index (χ1v) is 29.8. The fourth-order valence-corrected chi connectivity index (χ4v) is 10.9. The van der Waals surface area contributed by atoms with Crippen molar-refractivity contribution in [2.24, 2.45) is 11.8 Å². The van der Waals surface area contributed by atoms with E-state index < -0.39 is 177 Å². The molecular weight excluding hydrogens is 1130 g/mol. The number of nitrogens with one attached hydrogen (secondary N) is 5. The number of fused-ring (bicyclic) bond motifs is 2. The minimum Gasteiger partial charge on any atom is -0.691 e. The molecule has 472 valence electrons. The van der Waals surface area contributed by atoms with E-state index in [1.54, 1.807) is 0 Å². The van der Waals surface area contributed by atoms with Crippen molar-refractivity contribution in [2.75, 3.05) is 32.8 Å². The first kappa shape index (κ1) is 74.3. The molecule has 13 atom stereocenters. The summed E-state index contributed by atoms with van der Waals surface area (Å²) in [6.45, 7) is 2.55. The molecule has 7 amide bonds. The number of phenols is 1. The number of carbonyl (C=O) groups excluding carboxylic acids is 7. The number of β-amino-alcohol motifs (C(OH)–C–C–N with tert-alkyl or cyclic N) is 1. The summed E-state index contributed by atoms with van der Waals surface area (Å²) in [7, 11) is 0. The number of aromatic hydroxyl groups is 1. The second-order valence-corrected chi connectivity index (χ2v) is 22.8. The quantitative estimate of drug-likeness (QED) is 0.0113. The zero-order valence-corrected chi connectivity index (χ0v) is 51.6. The molecule has 0 saturated carbocycles. The van der Waals surface area contributed by atoms with Gasteiger partial charge in [0, 0.05) is 70.4 Å². The summed E-state index contributed by atoms with van der Waals surface area (Å²) in [5.41, 5.74) is 0.116. The summed E-state index contributed by atoms with van der Waals surface area (Å²) in [4.78, 5) is 102. The smallest absolute Gasteiger partial charge is 0.691 e. The Kier molecular flexibility index (Phi) is 34.5. The number of nitrogens with zero attached hydrogens (tertiary/aromatic N) is 2. The molecule has 3 heterocycles. The van der Waals surface area contributed by atoms with Crippen molar-refractivity contribution in [2.45, 2.75) is 222 Å².